The molecule has 0 bridgehead atoms. The maximum Gasteiger partial charge on any atom is 0.348 e. The monoisotopic (exact) mass is 323 g/mol. The summed E-state index contributed by atoms with van der Waals surface area (Å²) < 4.78 is 6.20. The Labute approximate surface area is 131 Å². The molecule has 0 fully saturated rings. The van der Waals surface area contributed by atoms with Gasteiger partial charge in [0.15, 0.2) is 0 Å². The zero-order valence-electron chi connectivity index (χ0n) is 12.0. The molecule has 0 atom stereocenters. The van der Waals surface area contributed by atoms with E-state index in [1.54, 1.807) is 13.0 Å². The summed E-state index contributed by atoms with van der Waals surface area (Å²) in [5, 5.41) is 9.74. The Morgan fingerprint density at radius 1 is 1.45 bits per heavy atom. The highest BCUT2D eigenvalue weighted by Gasteiger charge is 2.21. The number of carboxylic acid groups (broad SMARTS) is 1. The van der Waals surface area contributed by atoms with Crippen molar-refractivity contribution in [2.75, 3.05) is 13.7 Å². The van der Waals surface area contributed by atoms with Gasteiger partial charge in [0.1, 0.15) is 10.7 Å². The fourth-order valence-electron chi connectivity index (χ4n) is 2.09. The van der Waals surface area contributed by atoms with Crippen molar-refractivity contribution in [3.05, 3.63) is 45.2 Å². The Morgan fingerprint density at radius 3 is 2.73 bits per heavy atom. The molecule has 2 aromatic heterocycles. The van der Waals surface area contributed by atoms with Crippen molar-refractivity contribution >= 4 is 17.6 Å². The van der Waals surface area contributed by atoms with Crippen LogP contribution in [0.4, 0.5) is 0 Å². The predicted molar refractivity (Wildman–Crippen MR) is 80.3 cm³/mol. The molecule has 0 aliphatic heterocycles. The molecule has 0 aliphatic rings. The van der Waals surface area contributed by atoms with Gasteiger partial charge in [-0.2, -0.15) is 4.98 Å². The number of ether oxygens (including phenoxy) is 1. The van der Waals surface area contributed by atoms with E-state index >= 15 is 0 Å². The molecule has 7 nitrogen and oxygen atoms in total. The van der Waals surface area contributed by atoms with Crippen LogP contribution in [0.2, 0.25) is 5.15 Å². The number of aromatic nitrogens is 3. The van der Waals surface area contributed by atoms with Crippen LogP contribution in [0, 0.1) is 6.92 Å². The lowest BCUT2D eigenvalue weighted by molar-refractivity contribution is 0.0694. The summed E-state index contributed by atoms with van der Waals surface area (Å²) in [5.74, 6) is -1.17. The van der Waals surface area contributed by atoms with Gasteiger partial charge in [-0.05, 0) is 19.1 Å². The van der Waals surface area contributed by atoms with Crippen molar-refractivity contribution in [3.8, 4) is 11.3 Å². The van der Waals surface area contributed by atoms with E-state index in [-0.39, 0.29) is 29.6 Å². The van der Waals surface area contributed by atoms with Crippen LogP contribution in [-0.4, -0.2) is 39.3 Å². The van der Waals surface area contributed by atoms with Crippen LogP contribution in [0.1, 0.15) is 16.1 Å². The number of halogens is 1. The van der Waals surface area contributed by atoms with Crippen molar-refractivity contribution in [2.45, 2.75) is 13.5 Å². The minimum absolute atomic E-state index is 0.0418. The molecule has 2 heterocycles. The van der Waals surface area contributed by atoms with Crippen LogP contribution >= 0.6 is 11.6 Å². The molecule has 2 rings (SSSR count). The minimum Gasteiger partial charge on any atom is -0.478 e. The summed E-state index contributed by atoms with van der Waals surface area (Å²) in [6, 6.07) is 3.08. The fraction of sp³-hybridized carbons (Fsp3) is 0.286. The number of rotatable bonds is 5. The van der Waals surface area contributed by atoms with Gasteiger partial charge in [0, 0.05) is 24.6 Å². The van der Waals surface area contributed by atoms with Crippen LogP contribution in [0.15, 0.2) is 23.1 Å². The lowest BCUT2D eigenvalue weighted by atomic mass is 10.1. The largest absolute Gasteiger partial charge is 0.478 e. The maximum atomic E-state index is 12.1. The number of pyridine rings is 1. The third-order valence-corrected chi connectivity index (χ3v) is 3.40. The first-order chi connectivity index (χ1) is 10.5. The quantitative estimate of drug-likeness (QED) is 0.840. The smallest absolute Gasteiger partial charge is 0.348 e. The molecule has 1 N–H and O–H groups in total. The molecule has 8 heteroatoms. The summed E-state index contributed by atoms with van der Waals surface area (Å²) in [6.07, 6.45) is 1.38. The number of hydrogen-bond acceptors (Lipinski definition) is 5. The summed E-state index contributed by atoms with van der Waals surface area (Å²) in [6.45, 7) is 2.08. The Morgan fingerprint density at radius 2 is 2.18 bits per heavy atom. The predicted octanol–water partition coefficient (Wildman–Crippen LogP) is 1.61. The van der Waals surface area contributed by atoms with Crippen molar-refractivity contribution < 1.29 is 14.6 Å². The highest BCUT2D eigenvalue weighted by Crippen LogP contribution is 2.23. The molecule has 0 aliphatic carbocycles. The summed E-state index contributed by atoms with van der Waals surface area (Å²) in [7, 11) is 1.50. The summed E-state index contributed by atoms with van der Waals surface area (Å²) in [5.41, 5.74) is 0.229. The zero-order valence-corrected chi connectivity index (χ0v) is 12.8. The third-order valence-electron chi connectivity index (χ3n) is 3.18. The molecule has 2 aromatic rings. The number of carboxylic acids is 1. The molecule has 0 amide bonds. The molecule has 0 saturated heterocycles. The van der Waals surface area contributed by atoms with Crippen LogP contribution < -0.4 is 5.69 Å². The molecular formula is C14H14ClN3O4. The normalized spacial score (nSPS) is 10.7. The van der Waals surface area contributed by atoms with Gasteiger partial charge < -0.3 is 9.84 Å². The topological polar surface area (TPSA) is 94.3 Å². The number of carbonyl (C=O) groups is 1. The second-order valence-corrected chi connectivity index (χ2v) is 4.91. The number of methoxy groups -OCH3 is 1. The average Bonchev–Trinajstić information content (AvgIpc) is 2.46. The highest BCUT2D eigenvalue weighted by atomic mass is 35.5. The highest BCUT2D eigenvalue weighted by molar-refractivity contribution is 6.29. The number of aromatic carboxylic acids is 1. The molecule has 0 saturated carbocycles. The lowest BCUT2D eigenvalue weighted by Crippen LogP contribution is -2.30. The summed E-state index contributed by atoms with van der Waals surface area (Å²) >= 11 is 5.72. The summed E-state index contributed by atoms with van der Waals surface area (Å²) in [4.78, 5) is 31.5. The first-order valence-electron chi connectivity index (χ1n) is 6.41. The van der Waals surface area contributed by atoms with Crippen LogP contribution in [0.5, 0.6) is 0 Å². The van der Waals surface area contributed by atoms with E-state index in [1.165, 1.54) is 23.9 Å². The molecule has 116 valence electrons. The molecule has 22 heavy (non-hydrogen) atoms. The molecule has 0 aromatic carbocycles. The number of hydrogen-bond donors (Lipinski definition) is 1. The molecule has 0 spiro atoms. The molecule has 0 radical (unpaired) electrons. The van der Waals surface area contributed by atoms with Crippen LogP contribution in [-0.2, 0) is 11.3 Å². The van der Waals surface area contributed by atoms with Crippen molar-refractivity contribution in [2.24, 2.45) is 0 Å². The Kier molecular flexibility index (Phi) is 4.89. The van der Waals surface area contributed by atoms with Crippen LogP contribution in [0.3, 0.4) is 0 Å². The third kappa shape index (κ3) is 3.15. The van der Waals surface area contributed by atoms with Crippen molar-refractivity contribution in [1.29, 1.82) is 0 Å². The van der Waals surface area contributed by atoms with Gasteiger partial charge in [0.05, 0.1) is 18.8 Å². The van der Waals surface area contributed by atoms with E-state index in [0.717, 1.165) is 0 Å². The van der Waals surface area contributed by atoms with Gasteiger partial charge in [-0.15, -0.1) is 0 Å². The fourth-order valence-corrected chi connectivity index (χ4v) is 2.20. The van der Waals surface area contributed by atoms with Gasteiger partial charge in [0.2, 0.25) is 0 Å². The van der Waals surface area contributed by atoms with Gasteiger partial charge >= 0.3 is 11.7 Å². The Hall–Kier alpha value is -2.25. The number of nitrogens with zero attached hydrogens (tertiary/aromatic N) is 3. The lowest BCUT2D eigenvalue weighted by Gasteiger charge is -2.14. The van der Waals surface area contributed by atoms with Crippen LogP contribution in [0.25, 0.3) is 11.3 Å². The standard InChI is InChI=1S/C14H14ClN3O4/c1-8-11(13(19)20)12(9-3-4-10(15)16-7-9)17-14(21)18(8)5-6-22-2/h3-4,7H,5-6H2,1-2H3,(H,19,20). The van der Waals surface area contributed by atoms with E-state index in [4.69, 9.17) is 16.3 Å². The first kappa shape index (κ1) is 16.1. The van der Waals surface area contributed by atoms with Gasteiger partial charge in [-0.3, -0.25) is 4.57 Å². The molecule has 0 unspecified atom stereocenters. The van der Waals surface area contributed by atoms with Gasteiger partial charge in [0.25, 0.3) is 0 Å². The SMILES string of the molecule is COCCn1c(C)c(C(=O)O)c(-c2ccc(Cl)nc2)nc1=O. The van der Waals surface area contributed by atoms with Crippen molar-refractivity contribution in [3.63, 3.8) is 0 Å². The average molecular weight is 324 g/mol. The zero-order chi connectivity index (χ0) is 16.3. The Balaban J connectivity index is 2.67. The van der Waals surface area contributed by atoms with E-state index in [2.05, 4.69) is 9.97 Å². The van der Waals surface area contributed by atoms with Gasteiger partial charge in [-0.1, -0.05) is 11.6 Å². The van der Waals surface area contributed by atoms with E-state index < -0.39 is 11.7 Å². The van der Waals surface area contributed by atoms with Crippen molar-refractivity contribution in [1.82, 2.24) is 14.5 Å². The van der Waals surface area contributed by atoms with E-state index in [1.807, 2.05) is 0 Å². The first-order valence-corrected chi connectivity index (χ1v) is 6.79. The second-order valence-electron chi connectivity index (χ2n) is 4.52. The van der Waals surface area contributed by atoms with E-state index in [0.29, 0.717) is 11.3 Å². The van der Waals surface area contributed by atoms with Gasteiger partial charge in [-0.25, -0.2) is 14.6 Å². The Bertz CT molecular complexity index is 756. The van der Waals surface area contributed by atoms with E-state index in [9.17, 15) is 14.7 Å². The maximum absolute atomic E-state index is 12.1. The second kappa shape index (κ2) is 6.67. The molecular weight excluding hydrogens is 310 g/mol. The minimum atomic E-state index is -1.17.